The number of carbonyl (C=O) groups is 1. The maximum Gasteiger partial charge on any atom is 0.269 e. The number of non-ortho nitro benzene ring substituents is 1. The van der Waals surface area contributed by atoms with Crippen molar-refractivity contribution in [2.75, 3.05) is 19.4 Å². The molecule has 0 aromatic heterocycles. The summed E-state index contributed by atoms with van der Waals surface area (Å²) in [6.07, 6.45) is 0. The van der Waals surface area contributed by atoms with E-state index >= 15 is 0 Å². The molecule has 0 spiro atoms. The molecule has 25 heavy (non-hydrogen) atoms. The number of nitro benzene ring substituents is 1. The number of rotatable bonds is 5. The van der Waals surface area contributed by atoms with Crippen LogP contribution in [0, 0.1) is 17.0 Å². The number of benzene rings is 2. The van der Waals surface area contributed by atoms with Crippen LogP contribution in [-0.2, 0) is 10.0 Å². The summed E-state index contributed by atoms with van der Waals surface area (Å²) < 4.78 is 25.5. The first-order chi connectivity index (χ1) is 11.6. The van der Waals surface area contributed by atoms with Crippen molar-refractivity contribution >= 4 is 27.3 Å². The molecule has 0 heterocycles. The quantitative estimate of drug-likeness (QED) is 0.648. The van der Waals surface area contributed by atoms with Gasteiger partial charge in [-0.3, -0.25) is 14.9 Å². The third-order valence-corrected chi connectivity index (χ3v) is 5.39. The number of nitrogens with zero attached hydrogens (tertiary/aromatic N) is 2. The molecule has 0 saturated carbocycles. The molecule has 0 unspecified atom stereocenters. The molecule has 9 heteroatoms. The Bertz CT molecular complexity index is 921. The van der Waals surface area contributed by atoms with Gasteiger partial charge in [0.1, 0.15) is 0 Å². The molecule has 2 rings (SSSR count). The minimum atomic E-state index is -3.62. The highest BCUT2D eigenvalue weighted by molar-refractivity contribution is 7.89. The van der Waals surface area contributed by atoms with Gasteiger partial charge in [-0.15, -0.1) is 0 Å². The first-order valence-corrected chi connectivity index (χ1v) is 8.66. The van der Waals surface area contributed by atoms with E-state index < -0.39 is 20.9 Å². The molecule has 0 saturated heterocycles. The van der Waals surface area contributed by atoms with Gasteiger partial charge in [-0.25, -0.2) is 12.7 Å². The zero-order valence-corrected chi connectivity index (χ0v) is 14.7. The predicted molar refractivity (Wildman–Crippen MR) is 93.1 cm³/mol. The smallest absolute Gasteiger partial charge is 0.269 e. The highest BCUT2D eigenvalue weighted by Gasteiger charge is 2.19. The number of aryl methyl sites for hydroxylation is 1. The van der Waals surface area contributed by atoms with E-state index in [1.54, 1.807) is 13.0 Å². The number of amides is 1. The largest absolute Gasteiger partial charge is 0.322 e. The molecule has 2 aromatic rings. The molecule has 132 valence electrons. The van der Waals surface area contributed by atoms with Crippen molar-refractivity contribution in [2.45, 2.75) is 11.8 Å². The van der Waals surface area contributed by atoms with Crippen LogP contribution in [0.1, 0.15) is 15.9 Å². The lowest BCUT2D eigenvalue weighted by Gasteiger charge is -2.14. The monoisotopic (exact) mass is 363 g/mol. The highest BCUT2D eigenvalue weighted by atomic mass is 32.2. The van der Waals surface area contributed by atoms with Crippen molar-refractivity contribution < 1.29 is 18.1 Å². The standard InChI is InChI=1S/C16H17N3O5S/c1-11-4-9-14(25(23,24)18(2)3)10-15(11)17-16(20)12-5-7-13(8-6-12)19(21)22/h4-10H,1-3H3,(H,17,20). The number of carbonyl (C=O) groups excluding carboxylic acids is 1. The van der Waals surface area contributed by atoms with Crippen LogP contribution in [0.3, 0.4) is 0 Å². The van der Waals surface area contributed by atoms with Gasteiger partial charge in [0.15, 0.2) is 0 Å². The van der Waals surface area contributed by atoms with Crippen LogP contribution in [0.5, 0.6) is 0 Å². The molecule has 1 amide bonds. The van der Waals surface area contributed by atoms with E-state index in [0.29, 0.717) is 11.3 Å². The van der Waals surface area contributed by atoms with Crippen LogP contribution in [0.2, 0.25) is 0 Å². The van der Waals surface area contributed by atoms with Crippen molar-refractivity contribution in [1.29, 1.82) is 0 Å². The van der Waals surface area contributed by atoms with E-state index in [1.807, 2.05) is 0 Å². The summed E-state index contributed by atoms with van der Waals surface area (Å²) in [7, 11) is -0.783. The van der Waals surface area contributed by atoms with Crippen LogP contribution in [0.25, 0.3) is 0 Å². The van der Waals surface area contributed by atoms with Crippen LogP contribution in [0.4, 0.5) is 11.4 Å². The Labute approximate surface area is 145 Å². The Hall–Kier alpha value is -2.78. The predicted octanol–water partition coefficient (Wildman–Crippen LogP) is 2.41. The summed E-state index contributed by atoms with van der Waals surface area (Å²) in [5.74, 6) is -0.489. The van der Waals surface area contributed by atoms with Crippen molar-refractivity contribution in [3.63, 3.8) is 0 Å². The topological polar surface area (TPSA) is 110 Å². The fraction of sp³-hybridized carbons (Fsp3) is 0.188. The van der Waals surface area contributed by atoms with Gasteiger partial charge in [-0.2, -0.15) is 0 Å². The van der Waals surface area contributed by atoms with Crippen molar-refractivity contribution in [2.24, 2.45) is 0 Å². The van der Waals surface area contributed by atoms with Crippen LogP contribution in [-0.4, -0.2) is 37.6 Å². The molecule has 8 nitrogen and oxygen atoms in total. The maximum atomic E-state index is 12.3. The van der Waals surface area contributed by atoms with Gasteiger partial charge >= 0.3 is 0 Å². The maximum absolute atomic E-state index is 12.3. The third-order valence-electron chi connectivity index (χ3n) is 3.58. The number of sulfonamides is 1. The van der Waals surface area contributed by atoms with Crippen LogP contribution >= 0.6 is 0 Å². The zero-order valence-electron chi connectivity index (χ0n) is 13.9. The Morgan fingerprint density at radius 2 is 1.72 bits per heavy atom. The zero-order chi connectivity index (χ0) is 18.8. The fourth-order valence-corrected chi connectivity index (χ4v) is 2.96. The van der Waals surface area contributed by atoms with Crippen LogP contribution < -0.4 is 5.32 Å². The van der Waals surface area contributed by atoms with Crippen molar-refractivity contribution in [3.05, 3.63) is 63.7 Å². The van der Waals surface area contributed by atoms with Crippen molar-refractivity contribution in [3.8, 4) is 0 Å². The van der Waals surface area contributed by atoms with Gasteiger partial charge in [-0.1, -0.05) is 6.07 Å². The second-order valence-corrected chi connectivity index (χ2v) is 7.67. The van der Waals surface area contributed by atoms with Gasteiger partial charge in [0.25, 0.3) is 11.6 Å². The lowest BCUT2D eigenvalue weighted by Crippen LogP contribution is -2.22. The minimum Gasteiger partial charge on any atom is -0.322 e. The molecular formula is C16H17N3O5S. The molecule has 0 aliphatic rings. The Balaban J connectivity index is 2.30. The number of nitro groups is 1. The van der Waals surface area contributed by atoms with E-state index in [-0.39, 0.29) is 16.1 Å². The van der Waals surface area contributed by atoms with E-state index in [1.165, 1.54) is 50.5 Å². The summed E-state index contributed by atoms with van der Waals surface area (Å²) in [4.78, 5) is 22.5. The Morgan fingerprint density at radius 3 is 2.24 bits per heavy atom. The van der Waals surface area contributed by atoms with Gasteiger partial charge in [0, 0.05) is 37.5 Å². The highest BCUT2D eigenvalue weighted by Crippen LogP contribution is 2.23. The molecular weight excluding hydrogens is 346 g/mol. The molecule has 0 aliphatic heterocycles. The summed E-state index contributed by atoms with van der Waals surface area (Å²) in [5.41, 5.74) is 1.15. The molecule has 1 N–H and O–H groups in total. The van der Waals surface area contributed by atoms with Gasteiger partial charge in [-0.05, 0) is 36.8 Å². The average Bonchev–Trinajstić information content (AvgIpc) is 2.56. The number of hydrogen-bond acceptors (Lipinski definition) is 5. The number of hydrogen-bond donors (Lipinski definition) is 1. The molecule has 0 aliphatic carbocycles. The Kier molecular flexibility index (Phi) is 5.19. The van der Waals surface area contributed by atoms with Crippen molar-refractivity contribution in [1.82, 2.24) is 4.31 Å². The Morgan fingerprint density at radius 1 is 1.12 bits per heavy atom. The fourth-order valence-electron chi connectivity index (χ4n) is 2.04. The van der Waals surface area contributed by atoms with E-state index in [9.17, 15) is 23.3 Å². The van der Waals surface area contributed by atoms with E-state index in [2.05, 4.69) is 5.32 Å². The van der Waals surface area contributed by atoms with Crippen LogP contribution in [0.15, 0.2) is 47.4 Å². The first kappa shape index (κ1) is 18.6. The average molecular weight is 363 g/mol. The summed E-state index contributed by atoms with van der Waals surface area (Å²) in [6, 6.07) is 9.58. The van der Waals surface area contributed by atoms with Gasteiger partial charge in [0.2, 0.25) is 10.0 Å². The normalized spacial score (nSPS) is 11.4. The SMILES string of the molecule is Cc1ccc(S(=O)(=O)N(C)C)cc1NC(=O)c1ccc([N+](=O)[O-])cc1. The van der Waals surface area contributed by atoms with Gasteiger partial charge < -0.3 is 5.32 Å². The number of anilines is 1. The number of nitrogens with one attached hydrogen (secondary N) is 1. The second-order valence-electron chi connectivity index (χ2n) is 5.52. The van der Waals surface area contributed by atoms with E-state index in [0.717, 1.165) is 4.31 Å². The summed E-state index contributed by atoms with van der Waals surface area (Å²) >= 11 is 0. The third kappa shape index (κ3) is 4.01. The summed E-state index contributed by atoms with van der Waals surface area (Å²) in [6.45, 7) is 1.73. The minimum absolute atomic E-state index is 0.0575. The lowest BCUT2D eigenvalue weighted by molar-refractivity contribution is -0.384. The second kappa shape index (κ2) is 6.99. The molecule has 2 aromatic carbocycles. The molecule has 0 bridgehead atoms. The lowest BCUT2D eigenvalue weighted by atomic mass is 10.1. The summed E-state index contributed by atoms with van der Waals surface area (Å²) in [5, 5.41) is 13.3. The molecule has 0 atom stereocenters. The first-order valence-electron chi connectivity index (χ1n) is 7.22. The van der Waals surface area contributed by atoms with E-state index in [4.69, 9.17) is 0 Å². The van der Waals surface area contributed by atoms with Gasteiger partial charge in [0.05, 0.1) is 9.82 Å². The molecule has 0 fully saturated rings. The molecule has 0 radical (unpaired) electrons.